The topological polar surface area (TPSA) is 67.0 Å². The number of H-pyrrole nitrogens is 1. The summed E-state index contributed by atoms with van der Waals surface area (Å²) in [6.45, 7) is 6.44. The fourth-order valence-electron chi connectivity index (χ4n) is 2.61. The Hall–Kier alpha value is -3.08. The summed E-state index contributed by atoms with van der Waals surface area (Å²) in [6, 6.07) is 17.1. The zero-order valence-electron chi connectivity index (χ0n) is 15.5. The van der Waals surface area contributed by atoms with Gasteiger partial charge in [0, 0.05) is 11.6 Å². The number of methoxy groups -OCH3 is 1. The average Bonchev–Trinajstić information content (AvgIpc) is 3.09. The van der Waals surface area contributed by atoms with E-state index >= 15 is 0 Å². The third-order valence-electron chi connectivity index (χ3n) is 4.23. The number of amides is 1. The van der Waals surface area contributed by atoms with Crippen molar-refractivity contribution in [2.45, 2.75) is 26.2 Å². The molecule has 2 N–H and O–H groups in total. The van der Waals surface area contributed by atoms with Gasteiger partial charge in [0.2, 0.25) is 0 Å². The maximum absolute atomic E-state index is 12.4. The first kappa shape index (κ1) is 17.7. The maximum Gasteiger partial charge on any atom is 0.256 e. The summed E-state index contributed by atoms with van der Waals surface area (Å²) in [6.07, 6.45) is 0. The second-order valence-corrected chi connectivity index (χ2v) is 7.18. The Morgan fingerprint density at radius 1 is 1.04 bits per heavy atom. The highest BCUT2D eigenvalue weighted by Crippen LogP contribution is 2.24. The van der Waals surface area contributed by atoms with Crippen LogP contribution >= 0.6 is 0 Å². The minimum Gasteiger partial charge on any atom is -0.497 e. The summed E-state index contributed by atoms with van der Waals surface area (Å²) < 4.78 is 5.16. The van der Waals surface area contributed by atoms with E-state index in [9.17, 15) is 4.79 Å². The van der Waals surface area contributed by atoms with Crippen molar-refractivity contribution in [1.82, 2.24) is 10.2 Å². The van der Waals surface area contributed by atoms with Gasteiger partial charge in [-0.2, -0.15) is 5.10 Å². The number of carbonyl (C=O) groups excluding carboxylic acids is 1. The monoisotopic (exact) mass is 349 g/mol. The van der Waals surface area contributed by atoms with Gasteiger partial charge in [-0.3, -0.25) is 9.89 Å². The van der Waals surface area contributed by atoms with Crippen LogP contribution in [0.5, 0.6) is 5.75 Å². The first-order valence-electron chi connectivity index (χ1n) is 8.48. The Bertz CT molecular complexity index is 888. The standard InChI is InChI=1S/C21H23N3O2/c1-21(2,3)16-9-5-15(6-10-16)20(25)22-19-13-18(23-24-19)14-7-11-17(26-4)12-8-14/h5-13H,1-4H3,(H2,22,23,24,25). The van der Waals surface area contributed by atoms with Crippen LogP contribution in [-0.2, 0) is 5.41 Å². The van der Waals surface area contributed by atoms with Gasteiger partial charge in [-0.1, -0.05) is 32.9 Å². The van der Waals surface area contributed by atoms with E-state index in [1.165, 1.54) is 5.56 Å². The van der Waals surface area contributed by atoms with Crippen LogP contribution in [0.15, 0.2) is 54.6 Å². The van der Waals surface area contributed by atoms with Gasteiger partial charge in [-0.15, -0.1) is 0 Å². The Labute approximate surface area is 153 Å². The van der Waals surface area contributed by atoms with Crippen molar-refractivity contribution in [1.29, 1.82) is 0 Å². The largest absolute Gasteiger partial charge is 0.497 e. The van der Waals surface area contributed by atoms with Crippen LogP contribution in [0, 0.1) is 0 Å². The smallest absolute Gasteiger partial charge is 0.256 e. The zero-order chi connectivity index (χ0) is 18.7. The molecule has 0 atom stereocenters. The summed E-state index contributed by atoms with van der Waals surface area (Å²) in [5.41, 5.74) is 3.65. The summed E-state index contributed by atoms with van der Waals surface area (Å²) in [5.74, 6) is 1.10. The third kappa shape index (κ3) is 3.94. The van der Waals surface area contributed by atoms with Crippen molar-refractivity contribution in [2.24, 2.45) is 0 Å². The Morgan fingerprint density at radius 2 is 1.69 bits per heavy atom. The molecule has 1 aromatic heterocycles. The quantitative estimate of drug-likeness (QED) is 0.721. The molecule has 0 radical (unpaired) electrons. The zero-order valence-corrected chi connectivity index (χ0v) is 15.5. The van der Waals surface area contributed by atoms with Crippen molar-refractivity contribution < 1.29 is 9.53 Å². The average molecular weight is 349 g/mol. The molecule has 0 saturated heterocycles. The molecule has 0 fully saturated rings. The number of carbonyl (C=O) groups is 1. The van der Waals surface area contributed by atoms with Crippen molar-refractivity contribution in [3.63, 3.8) is 0 Å². The van der Waals surface area contributed by atoms with E-state index in [2.05, 4.69) is 36.3 Å². The van der Waals surface area contributed by atoms with E-state index < -0.39 is 0 Å². The molecule has 1 amide bonds. The lowest BCUT2D eigenvalue weighted by molar-refractivity contribution is 0.102. The van der Waals surface area contributed by atoms with E-state index in [0.717, 1.165) is 17.0 Å². The maximum atomic E-state index is 12.4. The molecule has 26 heavy (non-hydrogen) atoms. The van der Waals surface area contributed by atoms with Gasteiger partial charge in [0.1, 0.15) is 5.75 Å². The lowest BCUT2D eigenvalue weighted by atomic mass is 9.87. The Balaban J connectivity index is 1.71. The third-order valence-corrected chi connectivity index (χ3v) is 4.23. The molecular formula is C21H23N3O2. The van der Waals surface area contributed by atoms with Crippen molar-refractivity contribution in [3.05, 3.63) is 65.7 Å². The van der Waals surface area contributed by atoms with Crippen LogP contribution in [0.3, 0.4) is 0 Å². The van der Waals surface area contributed by atoms with Crippen LogP contribution in [0.4, 0.5) is 5.82 Å². The van der Waals surface area contributed by atoms with Crippen molar-refractivity contribution in [3.8, 4) is 17.0 Å². The fraction of sp³-hybridized carbons (Fsp3) is 0.238. The first-order chi connectivity index (χ1) is 12.4. The molecule has 5 heteroatoms. The number of nitrogens with zero attached hydrogens (tertiary/aromatic N) is 1. The SMILES string of the molecule is COc1ccc(-c2cc(NC(=O)c3ccc(C(C)(C)C)cc3)n[nH]2)cc1. The lowest BCUT2D eigenvalue weighted by Crippen LogP contribution is -2.14. The van der Waals surface area contributed by atoms with Gasteiger partial charge in [0.05, 0.1) is 12.8 Å². The van der Waals surface area contributed by atoms with Gasteiger partial charge in [0.25, 0.3) is 5.91 Å². The van der Waals surface area contributed by atoms with Gasteiger partial charge < -0.3 is 10.1 Å². The number of ether oxygens (including phenoxy) is 1. The Morgan fingerprint density at radius 3 is 2.27 bits per heavy atom. The van der Waals surface area contributed by atoms with Gasteiger partial charge in [0.15, 0.2) is 5.82 Å². The van der Waals surface area contributed by atoms with E-state index in [1.54, 1.807) is 7.11 Å². The highest BCUT2D eigenvalue weighted by atomic mass is 16.5. The number of aromatic nitrogens is 2. The number of anilines is 1. The number of benzene rings is 2. The second-order valence-electron chi connectivity index (χ2n) is 7.18. The summed E-state index contributed by atoms with van der Waals surface area (Å²) in [5, 5.41) is 9.93. The predicted octanol–water partition coefficient (Wildman–Crippen LogP) is 4.64. The molecule has 5 nitrogen and oxygen atoms in total. The predicted molar refractivity (Wildman–Crippen MR) is 104 cm³/mol. The lowest BCUT2D eigenvalue weighted by Gasteiger charge is -2.18. The summed E-state index contributed by atoms with van der Waals surface area (Å²) in [7, 11) is 1.63. The van der Waals surface area contributed by atoms with Crippen LogP contribution < -0.4 is 10.1 Å². The van der Waals surface area contributed by atoms with Gasteiger partial charge >= 0.3 is 0 Å². The highest BCUT2D eigenvalue weighted by molar-refractivity contribution is 6.04. The summed E-state index contributed by atoms with van der Waals surface area (Å²) >= 11 is 0. The number of aromatic amines is 1. The minimum atomic E-state index is -0.182. The minimum absolute atomic E-state index is 0.0600. The molecule has 3 rings (SSSR count). The second kappa shape index (κ2) is 7.04. The van der Waals surface area contributed by atoms with Crippen LogP contribution in [0.1, 0.15) is 36.7 Å². The van der Waals surface area contributed by atoms with Crippen LogP contribution in [-0.4, -0.2) is 23.2 Å². The molecule has 0 unspecified atom stereocenters. The molecule has 0 aliphatic heterocycles. The molecule has 134 valence electrons. The number of rotatable bonds is 4. The number of hydrogen-bond donors (Lipinski definition) is 2. The number of hydrogen-bond acceptors (Lipinski definition) is 3. The van der Waals surface area contributed by atoms with Gasteiger partial charge in [-0.25, -0.2) is 0 Å². The molecule has 0 saturated carbocycles. The first-order valence-corrected chi connectivity index (χ1v) is 8.48. The van der Waals surface area contributed by atoms with Gasteiger partial charge in [-0.05, 0) is 52.9 Å². The molecule has 0 aliphatic carbocycles. The van der Waals surface area contributed by atoms with Crippen molar-refractivity contribution in [2.75, 3.05) is 12.4 Å². The molecule has 2 aromatic carbocycles. The molecular weight excluding hydrogens is 326 g/mol. The molecule has 3 aromatic rings. The summed E-state index contributed by atoms with van der Waals surface area (Å²) in [4.78, 5) is 12.4. The normalized spacial score (nSPS) is 11.2. The Kier molecular flexibility index (Phi) is 4.80. The molecule has 0 bridgehead atoms. The fourth-order valence-corrected chi connectivity index (χ4v) is 2.61. The van der Waals surface area contributed by atoms with Crippen LogP contribution in [0.2, 0.25) is 0 Å². The van der Waals surface area contributed by atoms with Crippen molar-refractivity contribution >= 4 is 11.7 Å². The van der Waals surface area contributed by atoms with E-state index in [1.807, 2.05) is 54.6 Å². The van der Waals surface area contributed by atoms with E-state index in [4.69, 9.17) is 4.74 Å². The van der Waals surface area contributed by atoms with E-state index in [0.29, 0.717) is 11.4 Å². The highest BCUT2D eigenvalue weighted by Gasteiger charge is 2.15. The molecule has 0 spiro atoms. The molecule has 0 aliphatic rings. The molecule has 1 heterocycles. The van der Waals surface area contributed by atoms with E-state index in [-0.39, 0.29) is 11.3 Å². The van der Waals surface area contributed by atoms with Crippen LogP contribution in [0.25, 0.3) is 11.3 Å². The number of nitrogens with one attached hydrogen (secondary N) is 2.